The predicted octanol–water partition coefficient (Wildman–Crippen LogP) is 4.71. The molecule has 3 heterocycles. The van der Waals surface area contributed by atoms with Gasteiger partial charge in [0.25, 0.3) is 0 Å². The van der Waals surface area contributed by atoms with Gasteiger partial charge in [0, 0.05) is 12.1 Å². The third-order valence-corrected chi connectivity index (χ3v) is 5.39. The zero-order valence-corrected chi connectivity index (χ0v) is 18.0. The van der Waals surface area contributed by atoms with Crippen LogP contribution >= 0.6 is 0 Å². The van der Waals surface area contributed by atoms with Gasteiger partial charge in [0.05, 0.1) is 29.3 Å². The molecule has 3 N–H and O–H groups in total. The summed E-state index contributed by atoms with van der Waals surface area (Å²) in [5.74, 6) is 0.430. The van der Waals surface area contributed by atoms with Gasteiger partial charge in [0.15, 0.2) is 5.65 Å². The molecule has 0 radical (unpaired) electrons. The zero-order chi connectivity index (χ0) is 22.5. The van der Waals surface area contributed by atoms with E-state index in [4.69, 9.17) is 0 Å². The molecule has 164 valence electrons. The Labute approximate surface area is 190 Å². The molecule has 8 nitrogen and oxygen atoms in total. The van der Waals surface area contributed by atoms with Crippen LogP contribution in [0.5, 0.6) is 0 Å². The van der Waals surface area contributed by atoms with Crippen LogP contribution in [0.3, 0.4) is 0 Å². The summed E-state index contributed by atoms with van der Waals surface area (Å²) in [6, 6.07) is 19.4. The molecule has 8 heteroatoms. The molecule has 0 bridgehead atoms. The van der Waals surface area contributed by atoms with Crippen LogP contribution in [0.1, 0.15) is 18.4 Å². The van der Waals surface area contributed by atoms with Crippen LogP contribution in [0, 0.1) is 0 Å². The van der Waals surface area contributed by atoms with Gasteiger partial charge in [-0.2, -0.15) is 0 Å². The fourth-order valence-electron chi connectivity index (χ4n) is 3.66. The molecule has 0 aliphatic carbocycles. The number of carbonyl (C=O) groups is 1. The van der Waals surface area contributed by atoms with E-state index < -0.39 is 0 Å². The van der Waals surface area contributed by atoms with E-state index in [0.717, 1.165) is 35.9 Å². The summed E-state index contributed by atoms with van der Waals surface area (Å²) in [5.41, 5.74) is 5.88. The molecule has 0 aliphatic rings. The summed E-state index contributed by atoms with van der Waals surface area (Å²) in [6.07, 6.45) is 6.31. The Kier molecular flexibility index (Phi) is 5.88. The molecule has 0 atom stereocenters. The molecule has 5 aromatic rings. The third-order valence-electron chi connectivity index (χ3n) is 5.39. The Morgan fingerprint density at radius 1 is 0.909 bits per heavy atom. The summed E-state index contributed by atoms with van der Waals surface area (Å²) in [5, 5.41) is 5.66. The van der Waals surface area contributed by atoms with Crippen molar-refractivity contribution in [3.63, 3.8) is 0 Å². The van der Waals surface area contributed by atoms with E-state index >= 15 is 0 Å². The van der Waals surface area contributed by atoms with Gasteiger partial charge in [-0.05, 0) is 49.1 Å². The summed E-state index contributed by atoms with van der Waals surface area (Å²) in [4.78, 5) is 33.2. The first-order chi connectivity index (χ1) is 16.2. The number of benzene rings is 2. The zero-order valence-electron chi connectivity index (χ0n) is 18.0. The Bertz CT molecular complexity index is 1400. The lowest BCUT2D eigenvalue weighted by Gasteiger charge is -2.08. The molecule has 2 amide bonds. The Morgan fingerprint density at radius 2 is 1.79 bits per heavy atom. The van der Waals surface area contributed by atoms with Crippen molar-refractivity contribution >= 4 is 34.0 Å². The number of unbranched alkanes of at least 4 members (excludes halogenated alkanes) is 1. The number of nitrogens with zero attached hydrogens (tertiary/aromatic N) is 4. The first-order valence-electron chi connectivity index (χ1n) is 10.9. The maximum absolute atomic E-state index is 12.3. The van der Waals surface area contributed by atoms with Crippen molar-refractivity contribution < 1.29 is 4.79 Å². The normalized spacial score (nSPS) is 11.0. The largest absolute Gasteiger partial charge is 0.345 e. The van der Waals surface area contributed by atoms with Crippen LogP contribution in [0.15, 0.2) is 73.2 Å². The molecule has 0 fully saturated rings. The van der Waals surface area contributed by atoms with Crippen LogP contribution in [0.2, 0.25) is 0 Å². The van der Waals surface area contributed by atoms with Crippen LogP contribution in [-0.4, -0.2) is 37.5 Å². The lowest BCUT2D eigenvalue weighted by atomic mass is 10.1. The van der Waals surface area contributed by atoms with Crippen LogP contribution < -0.4 is 10.6 Å². The average molecular weight is 438 g/mol. The number of pyridine rings is 1. The molecule has 33 heavy (non-hydrogen) atoms. The second-order valence-electron chi connectivity index (χ2n) is 7.75. The second kappa shape index (κ2) is 9.44. The monoisotopic (exact) mass is 437 g/mol. The minimum Gasteiger partial charge on any atom is -0.345 e. The highest BCUT2D eigenvalue weighted by Gasteiger charge is 2.08. The molecular formula is C25H23N7O. The molecule has 0 saturated heterocycles. The number of imidazole rings is 1. The van der Waals surface area contributed by atoms with Gasteiger partial charge < -0.3 is 10.3 Å². The molecule has 5 rings (SSSR count). The van der Waals surface area contributed by atoms with E-state index in [0.29, 0.717) is 29.2 Å². The van der Waals surface area contributed by atoms with E-state index in [9.17, 15) is 4.79 Å². The summed E-state index contributed by atoms with van der Waals surface area (Å²) in [6.45, 7) is 0.603. The number of rotatable bonds is 7. The summed E-state index contributed by atoms with van der Waals surface area (Å²) in [7, 11) is 0. The van der Waals surface area contributed by atoms with E-state index in [-0.39, 0.29) is 6.03 Å². The molecule has 0 unspecified atom stereocenters. The Balaban J connectivity index is 1.20. The summed E-state index contributed by atoms with van der Waals surface area (Å²) >= 11 is 0. The van der Waals surface area contributed by atoms with Crippen molar-refractivity contribution in [1.82, 2.24) is 30.2 Å². The van der Waals surface area contributed by atoms with Crippen molar-refractivity contribution in [3.05, 3.63) is 78.8 Å². The highest BCUT2D eigenvalue weighted by atomic mass is 16.2. The number of anilines is 1. The molecule has 0 saturated carbocycles. The number of hydrogen-bond donors (Lipinski definition) is 3. The molecule has 0 spiro atoms. The summed E-state index contributed by atoms with van der Waals surface area (Å²) < 4.78 is 0. The fourth-order valence-corrected chi connectivity index (χ4v) is 3.66. The van der Waals surface area contributed by atoms with Gasteiger partial charge in [-0.25, -0.2) is 19.7 Å². The number of aromatic amines is 1. The Hall–Kier alpha value is -4.33. The quantitative estimate of drug-likeness (QED) is 0.320. The van der Waals surface area contributed by atoms with E-state index in [2.05, 4.69) is 47.7 Å². The molecule has 0 aliphatic heterocycles. The number of H-pyrrole nitrogens is 1. The third kappa shape index (κ3) is 4.95. The van der Waals surface area contributed by atoms with Crippen molar-refractivity contribution in [2.75, 3.05) is 11.9 Å². The minimum absolute atomic E-state index is 0.282. The fraction of sp³-hybridized carbons (Fsp3) is 0.160. The second-order valence-corrected chi connectivity index (χ2v) is 7.75. The molecule has 3 aromatic heterocycles. The van der Waals surface area contributed by atoms with Crippen molar-refractivity contribution in [1.29, 1.82) is 0 Å². The minimum atomic E-state index is -0.282. The standard InChI is InChI=1S/C25H23N7O/c33-25(26-13-5-4-8-17-6-2-1-3-7-17)32-23-12-11-20-24(31-23)30-22(15-27-20)18-9-10-19-21(14-18)29-16-28-19/h1-3,6-7,9-12,14-16H,4-5,8,13H2,(H,28,29)(H2,26,30,31,32,33). The SMILES string of the molecule is O=C(NCCCCc1ccccc1)Nc1ccc2ncc(-c3ccc4nc[nH]c4c3)nc2n1. The van der Waals surface area contributed by atoms with Gasteiger partial charge in [-0.15, -0.1) is 0 Å². The highest BCUT2D eigenvalue weighted by Crippen LogP contribution is 2.22. The van der Waals surface area contributed by atoms with Crippen LogP contribution in [-0.2, 0) is 6.42 Å². The molecular weight excluding hydrogens is 414 g/mol. The van der Waals surface area contributed by atoms with Crippen molar-refractivity contribution in [3.8, 4) is 11.3 Å². The van der Waals surface area contributed by atoms with Gasteiger partial charge in [-0.1, -0.05) is 36.4 Å². The van der Waals surface area contributed by atoms with E-state index in [1.165, 1.54) is 5.56 Å². The van der Waals surface area contributed by atoms with E-state index in [1.807, 2.05) is 36.4 Å². The van der Waals surface area contributed by atoms with Gasteiger partial charge in [0.2, 0.25) is 0 Å². The number of carbonyl (C=O) groups excluding carboxylic acids is 1. The van der Waals surface area contributed by atoms with Crippen molar-refractivity contribution in [2.45, 2.75) is 19.3 Å². The number of hydrogen-bond acceptors (Lipinski definition) is 5. The number of urea groups is 1. The number of amides is 2. The molecule has 2 aromatic carbocycles. The number of aryl methyl sites for hydroxylation is 1. The van der Waals surface area contributed by atoms with Crippen LogP contribution in [0.4, 0.5) is 10.6 Å². The smallest absolute Gasteiger partial charge is 0.320 e. The van der Waals surface area contributed by atoms with E-state index in [1.54, 1.807) is 24.7 Å². The number of fused-ring (bicyclic) bond motifs is 2. The van der Waals surface area contributed by atoms with Gasteiger partial charge >= 0.3 is 6.03 Å². The van der Waals surface area contributed by atoms with Gasteiger partial charge in [0.1, 0.15) is 11.3 Å². The maximum atomic E-state index is 12.3. The van der Waals surface area contributed by atoms with Crippen molar-refractivity contribution in [2.24, 2.45) is 0 Å². The lowest BCUT2D eigenvalue weighted by molar-refractivity contribution is 0.252. The maximum Gasteiger partial charge on any atom is 0.320 e. The predicted molar refractivity (Wildman–Crippen MR) is 129 cm³/mol. The number of nitrogens with one attached hydrogen (secondary N) is 3. The topological polar surface area (TPSA) is 108 Å². The average Bonchev–Trinajstić information content (AvgIpc) is 3.32. The lowest BCUT2D eigenvalue weighted by Crippen LogP contribution is -2.29. The first kappa shape index (κ1) is 20.6. The Morgan fingerprint density at radius 3 is 2.70 bits per heavy atom. The van der Waals surface area contributed by atoms with Crippen LogP contribution in [0.25, 0.3) is 33.5 Å². The van der Waals surface area contributed by atoms with Gasteiger partial charge in [-0.3, -0.25) is 10.3 Å². The highest BCUT2D eigenvalue weighted by molar-refractivity contribution is 5.89. The number of aromatic nitrogens is 5. The first-order valence-corrected chi connectivity index (χ1v) is 10.9.